The van der Waals surface area contributed by atoms with Crippen molar-refractivity contribution in [2.24, 2.45) is 34.5 Å². The van der Waals surface area contributed by atoms with E-state index in [1.165, 1.54) is 25.0 Å². The third kappa shape index (κ3) is 4.93. The summed E-state index contributed by atoms with van der Waals surface area (Å²) in [6, 6.07) is 0. The van der Waals surface area contributed by atoms with Crippen LogP contribution in [0.2, 0.25) is 0 Å². The van der Waals surface area contributed by atoms with Crippen LogP contribution >= 0.6 is 0 Å². The third-order valence-corrected chi connectivity index (χ3v) is 10.4. The molecule has 0 aromatic carbocycles. The Labute approximate surface area is 218 Å². The Kier molecular flexibility index (Phi) is 7.82. The number of rotatable bonds is 6. The normalized spacial score (nSPS) is 39.9. The number of aliphatic hydroxyl groups excluding tert-OH is 1. The van der Waals surface area contributed by atoms with Crippen molar-refractivity contribution in [3.8, 4) is 0 Å². The Balaban J connectivity index is 1.64. The van der Waals surface area contributed by atoms with Crippen LogP contribution in [0.5, 0.6) is 0 Å². The zero-order chi connectivity index (χ0) is 26.4. The molecule has 5 heteroatoms. The van der Waals surface area contributed by atoms with Gasteiger partial charge in [0.1, 0.15) is 12.2 Å². The van der Waals surface area contributed by atoms with Crippen LogP contribution in [0.1, 0.15) is 106 Å². The molecule has 4 rings (SSSR count). The summed E-state index contributed by atoms with van der Waals surface area (Å²) in [5.74, 6) is 1.70. The van der Waals surface area contributed by atoms with Gasteiger partial charge in [-0.3, -0.25) is 9.59 Å². The van der Waals surface area contributed by atoms with E-state index in [2.05, 4.69) is 40.7 Å². The lowest BCUT2D eigenvalue weighted by atomic mass is 9.47. The molecule has 4 aliphatic rings. The van der Waals surface area contributed by atoms with E-state index in [-0.39, 0.29) is 35.0 Å². The fraction of sp³-hybridized carbons (Fsp3) is 0.806. The fourth-order valence-corrected chi connectivity index (χ4v) is 8.67. The molecule has 0 unspecified atom stereocenters. The van der Waals surface area contributed by atoms with E-state index in [0.717, 1.165) is 63.4 Å². The van der Waals surface area contributed by atoms with Gasteiger partial charge in [-0.2, -0.15) is 0 Å². The molecule has 0 heterocycles. The smallest absolute Gasteiger partial charge is 0.303 e. The van der Waals surface area contributed by atoms with Crippen LogP contribution in [0.15, 0.2) is 22.8 Å². The molecule has 4 aliphatic carbocycles. The van der Waals surface area contributed by atoms with Gasteiger partial charge in [-0.05, 0) is 104 Å². The number of esters is 2. The summed E-state index contributed by atoms with van der Waals surface area (Å²) in [5.41, 5.74) is 3.81. The van der Waals surface area contributed by atoms with E-state index < -0.39 is 6.10 Å². The van der Waals surface area contributed by atoms with Crippen molar-refractivity contribution < 1.29 is 24.2 Å². The Hall–Kier alpha value is -1.62. The molecule has 0 spiro atoms. The van der Waals surface area contributed by atoms with Crippen LogP contribution in [0, 0.1) is 34.5 Å². The molecule has 0 aromatic rings. The molecule has 0 saturated heterocycles. The average molecular weight is 501 g/mol. The molecule has 3 saturated carbocycles. The van der Waals surface area contributed by atoms with Gasteiger partial charge in [0.05, 0.1) is 6.10 Å². The van der Waals surface area contributed by atoms with Crippen LogP contribution < -0.4 is 0 Å². The maximum absolute atomic E-state index is 12.1. The second kappa shape index (κ2) is 10.3. The minimum Gasteiger partial charge on any atom is -0.462 e. The molecule has 1 N–H and O–H groups in total. The summed E-state index contributed by atoms with van der Waals surface area (Å²) < 4.78 is 11.6. The number of carbonyl (C=O) groups excluding carboxylic acids is 2. The van der Waals surface area contributed by atoms with Crippen LogP contribution in [0.4, 0.5) is 0 Å². The molecule has 202 valence electrons. The maximum atomic E-state index is 12.1. The molecule has 0 radical (unpaired) electrons. The Bertz CT molecular complexity index is 931. The van der Waals surface area contributed by atoms with Gasteiger partial charge in [-0.1, -0.05) is 39.3 Å². The first-order valence-electron chi connectivity index (χ1n) is 14.3. The molecule has 0 bridgehead atoms. The maximum Gasteiger partial charge on any atom is 0.303 e. The highest BCUT2D eigenvalue weighted by molar-refractivity contribution is 5.67. The van der Waals surface area contributed by atoms with E-state index in [0.29, 0.717) is 23.7 Å². The first-order valence-corrected chi connectivity index (χ1v) is 14.3. The monoisotopic (exact) mass is 500 g/mol. The summed E-state index contributed by atoms with van der Waals surface area (Å²) in [5, 5.41) is 11.2. The number of ether oxygens (including phenoxy) is 2. The molecular formula is C31H48O5. The van der Waals surface area contributed by atoms with Crippen molar-refractivity contribution in [3.63, 3.8) is 0 Å². The quantitative estimate of drug-likeness (QED) is 0.331. The van der Waals surface area contributed by atoms with Gasteiger partial charge < -0.3 is 14.6 Å². The van der Waals surface area contributed by atoms with Gasteiger partial charge in [0.25, 0.3) is 0 Å². The van der Waals surface area contributed by atoms with Crippen molar-refractivity contribution in [3.05, 3.63) is 22.8 Å². The Morgan fingerprint density at radius 2 is 1.67 bits per heavy atom. The Morgan fingerprint density at radius 3 is 2.31 bits per heavy atom. The second-order valence-corrected chi connectivity index (χ2v) is 13.1. The average Bonchev–Trinajstić information content (AvgIpc) is 3.07. The molecule has 5 nitrogen and oxygen atoms in total. The van der Waals surface area contributed by atoms with Gasteiger partial charge in [0.15, 0.2) is 0 Å². The van der Waals surface area contributed by atoms with E-state index in [1.807, 2.05) is 0 Å². The number of aliphatic hydroxyl groups is 1. The zero-order valence-electron chi connectivity index (χ0n) is 23.6. The minimum atomic E-state index is -0.485. The molecule has 0 aliphatic heterocycles. The molecule has 8 atom stereocenters. The summed E-state index contributed by atoms with van der Waals surface area (Å²) in [7, 11) is 0. The van der Waals surface area contributed by atoms with Crippen LogP contribution in [-0.2, 0) is 19.1 Å². The topological polar surface area (TPSA) is 72.8 Å². The minimum absolute atomic E-state index is 0.0107. The van der Waals surface area contributed by atoms with E-state index in [1.54, 1.807) is 0 Å². The van der Waals surface area contributed by atoms with Crippen molar-refractivity contribution in [2.45, 2.75) is 125 Å². The molecule has 0 aromatic heterocycles. The van der Waals surface area contributed by atoms with Crippen molar-refractivity contribution in [2.75, 3.05) is 0 Å². The van der Waals surface area contributed by atoms with E-state index in [4.69, 9.17) is 9.47 Å². The molecule has 36 heavy (non-hydrogen) atoms. The number of hydrogen-bond donors (Lipinski definition) is 1. The summed E-state index contributed by atoms with van der Waals surface area (Å²) in [6.07, 6.45) is 10.4. The zero-order valence-corrected chi connectivity index (χ0v) is 23.6. The lowest BCUT2D eigenvalue weighted by molar-refractivity contribution is -0.148. The van der Waals surface area contributed by atoms with Gasteiger partial charge >= 0.3 is 11.9 Å². The van der Waals surface area contributed by atoms with E-state index >= 15 is 0 Å². The van der Waals surface area contributed by atoms with Gasteiger partial charge in [-0.15, -0.1) is 0 Å². The lowest BCUT2D eigenvalue weighted by Gasteiger charge is -2.57. The predicted molar refractivity (Wildman–Crippen MR) is 141 cm³/mol. The van der Waals surface area contributed by atoms with Crippen molar-refractivity contribution >= 4 is 11.9 Å². The number of hydrogen-bond acceptors (Lipinski definition) is 5. The highest BCUT2D eigenvalue weighted by Crippen LogP contribution is 2.67. The van der Waals surface area contributed by atoms with Gasteiger partial charge in [-0.25, -0.2) is 0 Å². The first-order chi connectivity index (χ1) is 16.9. The summed E-state index contributed by atoms with van der Waals surface area (Å²) in [6.45, 7) is 14.3. The van der Waals surface area contributed by atoms with Gasteiger partial charge in [0, 0.05) is 20.3 Å². The number of allylic oxidation sites excluding steroid dienone is 1. The SMILES string of the molecule is CC(=O)O[C@H]1CC[C@@]2(C)C(=CC[C@@H]3[C@@H]2CC[C@]2(C)/C(=C(\C)[C@H](O)CCC(C)C)[C@@H](OC(C)=O)C[C@@H]32)C1. The molecule has 0 amide bonds. The van der Waals surface area contributed by atoms with Crippen LogP contribution in [0.3, 0.4) is 0 Å². The number of carbonyl (C=O) groups is 2. The van der Waals surface area contributed by atoms with Gasteiger partial charge in [0.2, 0.25) is 0 Å². The van der Waals surface area contributed by atoms with Crippen molar-refractivity contribution in [1.82, 2.24) is 0 Å². The summed E-state index contributed by atoms with van der Waals surface area (Å²) >= 11 is 0. The van der Waals surface area contributed by atoms with Crippen LogP contribution in [-0.4, -0.2) is 35.4 Å². The first kappa shape index (κ1) is 27.4. The molecule has 3 fully saturated rings. The molecular weight excluding hydrogens is 452 g/mol. The van der Waals surface area contributed by atoms with E-state index in [9.17, 15) is 14.7 Å². The lowest BCUT2D eigenvalue weighted by Crippen LogP contribution is -2.50. The predicted octanol–water partition coefficient (Wildman–Crippen LogP) is 6.54. The highest BCUT2D eigenvalue weighted by atomic mass is 16.5. The second-order valence-electron chi connectivity index (χ2n) is 13.1. The fourth-order valence-electron chi connectivity index (χ4n) is 8.67. The largest absolute Gasteiger partial charge is 0.462 e. The van der Waals surface area contributed by atoms with Crippen molar-refractivity contribution in [1.29, 1.82) is 0 Å². The number of fused-ring (bicyclic) bond motifs is 5. The highest BCUT2D eigenvalue weighted by Gasteiger charge is 2.60. The van der Waals surface area contributed by atoms with Crippen LogP contribution in [0.25, 0.3) is 0 Å². The Morgan fingerprint density at radius 1 is 1.00 bits per heavy atom. The standard InChI is InChI=1S/C31H48O5/c1-18(2)8-11-27(34)19(3)29-28(36-21(5)33)17-26-24-10-9-22-16-23(35-20(4)32)12-14-30(22,6)25(24)13-15-31(26,29)7/h9,18,23-28,34H,8,10-17H2,1-7H3/b29-19+/t23-,24+,25-,26-,27+,28-,30-,31-/m0/s1. The summed E-state index contributed by atoms with van der Waals surface area (Å²) in [4.78, 5) is 23.7. The third-order valence-electron chi connectivity index (χ3n) is 10.4.